The van der Waals surface area contributed by atoms with Crippen molar-refractivity contribution in [2.45, 2.75) is 10.6 Å². The van der Waals surface area contributed by atoms with Crippen molar-refractivity contribution in [3.8, 4) is 28.5 Å². The Morgan fingerprint density at radius 1 is 1.06 bits per heavy atom. The smallest absolute Gasteiger partial charge is 0.232 e. The van der Waals surface area contributed by atoms with Gasteiger partial charge in [0.2, 0.25) is 5.88 Å². The zero-order valence-electron chi connectivity index (χ0n) is 18.3. The third-order valence-corrected chi connectivity index (χ3v) is 7.36. The van der Waals surface area contributed by atoms with Crippen molar-refractivity contribution in [2.75, 3.05) is 7.11 Å². The Kier molecular flexibility index (Phi) is 5.92. The molecule has 0 unspecified atom stereocenters. The number of benzene rings is 2. The second-order valence-electron chi connectivity index (χ2n) is 7.67. The van der Waals surface area contributed by atoms with Crippen molar-refractivity contribution < 1.29 is 26.3 Å². The number of halogens is 4. The third kappa shape index (κ3) is 3.97. The van der Waals surface area contributed by atoms with Crippen LogP contribution in [0, 0.1) is 17.5 Å². The van der Waals surface area contributed by atoms with E-state index in [1.807, 2.05) is 0 Å². The molecule has 0 radical (unpaired) electrons. The molecule has 0 bridgehead atoms. The number of fused-ring (bicyclic) bond motifs is 1. The number of imidazole rings is 1. The minimum Gasteiger partial charge on any atom is -0.480 e. The monoisotopic (exact) mass is 533 g/mol. The Labute approximate surface area is 207 Å². The van der Waals surface area contributed by atoms with Crippen molar-refractivity contribution in [3.05, 3.63) is 77.0 Å². The van der Waals surface area contributed by atoms with Crippen LogP contribution in [-0.4, -0.2) is 40.7 Å². The summed E-state index contributed by atoms with van der Waals surface area (Å²) in [5.74, 6) is -4.15. The fourth-order valence-electron chi connectivity index (χ4n) is 3.83. The summed E-state index contributed by atoms with van der Waals surface area (Å²) in [6, 6.07) is 5.80. The van der Waals surface area contributed by atoms with Gasteiger partial charge in [0.15, 0.2) is 21.5 Å². The molecule has 0 aliphatic heterocycles. The molecule has 13 heteroatoms. The quantitative estimate of drug-likeness (QED) is 0.315. The molecule has 3 heterocycles. The van der Waals surface area contributed by atoms with E-state index in [9.17, 15) is 12.8 Å². The van der Waals surface area contributed by atoms with E-state index in [4.69, 9.17) is 16.3 Å². The van der Waals surface area contributed by atoms with Gasteiger partial charge >= 0.3 is 0 Å². The number of hydrogen-bond donors (Lipinski definition) is 2. The predicted octanol–water partition coefficient (Wildman–Crippen LogP) is 5.07. The van der Waals surface area contributed by atoms with Crippen LogP contribution in [0.3, 0.4) is 0 Å². The first-order chi connectivity index (χ1) is 17.2. The highest BCUT2D eigenvalue weighted by Crippen LogP contribution is 2.36. The fourth-order valence-corrected chi connectivity index (χ4v) is 5.56. The molecule has 2 N–H and O–H groups in total. The van der Waals surface area contributed by atoms with Crippen LogP contribution >= 0.6 is 11.6 Å². The number of hydrogen-bond acceptors (Lipinski definition) is 6. The maximum Gasteiger partial charge on any atom is 0.232 e. The number of aromatic amines is 2. The average Bonchev–Trinajstić information content (AvgIpc) is 3.53. The summed E-state index contributed by atoms with van der Waals surface area (Å²) < 4.78 is 76.7. The van der Waals surface area contributed by atoms with Crippen LogP contribution in [0.2, 0.25) is 5.02 Å². The van der Waals surface area contributed by atoms with E-state index in [2.05, 4.69) is 25.1 Å². The van der Waals surface area contributed by atoms with Crippen LogP contribution in [0.4, 0.5) is 13.2 Å². The van der Waals surface area contributed by atoms with E-state index in [1.54, 1.807) is 6.20 Å². The van der Waals surface area contributed by atoms with Gasteiger partial charge in [-0.05, 0) is 24.3 Å². The lowest BCUT2D eigenvalue weighted by atomic mass is 10.00. The van der Waals surface area contributed by atoms with Crippen molar-refractivity contribution >= 4 is 32.3 Å². The van der Waals surface area contributed by atoms with E-state index < -0.39 is 43.5 Å². The van der Waals surface area contributed by atoms with Gasteiger partial charge in [-0.15, -0.1) is 0 Å². The average molecular weight is 534 g/mol. The molecule has 36 heavy (non-hydrogen) atoms. The Balaban J connectivity index is 1.60. The standard InChI is InChI=1S/C23H15ClF3N5O3S/c1-35-23-17(8-11(24)9-30-23)36(33,34)10-15-16(25)5-4-12(18(15)26)13-2-3-14-20(19(13)27)31-32-21(14)22-28-6-7-29-22/h2-9H,10H2,1H3,(H,28,29)(H,31,32). The van der Waals surface area contributed by atoms with Gasteiger partial charge in [-0.1, -0.05) is 17.7 Å². The van der Waals surface area contributed by atoms with Gasteiger partial charge in [-0.25, -0.2) is 31.6 Å². The van der Waals surface area contributed by atoms with Crippen LogP contribution in [0.25, 0.3) is 33.5 Å². The van der Waals surface area contributed by atoms with Gasteiger partial charge in [0.05, 0.1) is 17.9 Å². The molecule has 8 nitrogen and oxygen atoms in total. The Bertz CT molecular complexity index is 1720. The van der Waals surface area contributed by atoms with E-state index >= 15 is 8.78 Å². The maximum absolute atomic E-state index is 15.5. The van der Waals surface area contributed by atoms with E-state index in [-0.39, 0.29) is 27.5 Å². The lowest BCUT2D eigenvalue weighted by Gasteiger charge is -2.13. The second-order valence-corrected chi connectivity index (χ2v) is 10.1. The molecule has 0 saturated heterocycles. The molecular formula is C23H15ClF3N5O3S. The van der Waals surface area contributed by atoms with Crippen LogP contribution in [0.1, 0.15) is 5.56 Å². The SMILES string of the molecule is COc1ncc(Cl)cc1S(=O)(=O)Cc1c(F)ccc(-c2ccc3c(-c4ncc[nH]4)[nH]nc3c2F)c1F. The number of nitrogens with one attached hydrogen (secondary N) is 2. The van der Waals surface area contributed by atoms with Gasteiger partial charge in [-0.3, -0.25) is 5.10 Å². The predicted molar refractivity (Wildman–Crippen MR) is 126 cm³/mol. The molecule has 0 spiro atoms. The number of nitrogens with zero attached hydrogens (tertiary/aromatic N) is 3. The lowest BCUT2D eigenvalue weighted by Crippen LogP contribution is -2.11. The molecule has 0 aliphatic rings. The normalized spacial score (nSPS) is 11.8. The third-order valence-electron chi connectivity index (χ3n) is 5.52. The molecule has 5 aromatic rings. The Morgan fingerprint density at radius 2 is 1.81 bits per heavy atom. The molecule has 5 rings (SSSR count). The van der Waals surface area contributed by atoms with Crippen molar-refractivity contribution in [1.82, 2.24) is 25.1 Å². The summed E-state index contributed by atoms with van der Waals surface area (Å²) >= 11 is 5.86. The highest BCUT2D eigenvalue weighted by atomic mass is 35.5. The minimum atomic E-state index is -4.36. The summed E-state index contributed by atoms with van der Waals surface area (Å²) in [5, 5.41) is 7.04. The largest absolute Gasteiger partial charge is 0.480 e. The molecular weight excluding hydrogens is 519 g/mol. The van der Waals surface area contributed by atoms with E-state index in [0.717, 1.165) is 18.2 Å². The van der Waals surface area contributed by atoms with Crippen molar-refractivity contribution in [2.24, 2.45) is 0 Å². The minimum absolute atomic E-state index is 0.00707. The first-order valence-corrected chi connectivity index (χ1v) is 12.3. The molecule has 0 saturated carbocycles. The molecule has 0 amide bonds. The number of aromatic nitrogens is 5. The van der Waals surface area contributed by atoms with Crippen LogP contribution in [0.15, 0.2) is 53.8 Å². The summed E-state index contributed by atoms with van der Waals surface area (Å²) in [7, 11) is -3.17. The first-order valence-electron chi connectivity index (χ1n) is 10.3. The van der Waals surface area contributed by atoms with Gasteiger partial charge < -0.3 is 9.72 Å². The topological polar surface area (TPSA) is 114 Å². The molecule has 2 aromatic carbocycles. The van der Waals surface area contributed by atoms with Gasteiger partial charge in [-0.2, -0.15) is 5.10 Å². The number of ether oxygens (including phenoxy) is 1. The highest BCUT2D eigenvalue weighted by Gasteiger charge is 2.28. The zero-order chi connectivity index (χ0) is 25.6. The maximum atomic E-state index is 15.5. The molecule has 3 aromatic heterocycles. The Morgan fingerprint density at radius 3 is 2.53 bits per heavy atom. The molecule has 184 valence electrons. The summed E-state index contributed by atoms with van der Waals surface area (Å²) in [5.41, 5.74) is -0.993. The number of pyridine rings is 1. The van der Waals surface area contributed by atoms with E-state index in [1.165, 1.54) is 31.6 Å². The van der Waals surface area contributed by atoms with Gasteiger partial charge in [0, 0.05) is 40.7 Å². The van der Waals surface area contributed by atoms with Crippen molar-refractivity contribution in [1.29, 1.82) is 0 Å². The number of sulfone groups is 1. The van der Waals surface area contributed by atoms with Crippen LogP contribution in [0.5, 0.6) is 5.88 Å². The summed E-state index contributed by atoms with van der Waals surface area (Å²) in [4.78, 5) is 10.3. The van der Waals surface area contributed by atoms with Gasteiger partial charge in [0.1, 0.15) is 27.7 Å². The van der Waals surface area contributed by atoms with Crippen molar-refractivity contribution in [3.63, 3.8) is 0 Å². The number of methoxy groups -OCH3 is 1. The van der Waals surface area contributed by atoms with Crippen LogP contribution in [-0.2, 0) is 15.6 Å². The first kappa shape index (κ1) is 23.8. The van der Waals surface area contributed by atoms with E-state index in [0.29, 0.717) is 16.9 Å². The highest BCUT2D eigenvalue weighted by molar-refractivity contribution is 7.90. The number of rotatable bonds is 6. The Hall–Kier alpha value is -3.90. The zero-order valence-corrected chi connectivity index (χ0v) is 19.9. The second kappa shape index (κ2) is 8.95. The summed E-state index contributed by atoms with van der Waals surface area (Å²) in [6.07, 6.45) is 4.28. The van der Waals surface area contributed by atoms with Gasteiger partial charge in [0.25, 0.3) is 0 Å². The molecule has 0 atom stereocenters. The lowest BCUT2D eigenvalue weighted by molar-refractivity contribution is 0.385. The fraction of sp³-hybridized carbons (Fsp3) is 0.0870. The molecule has 0 aliphatic carbocycles. The summed E-state index contributed by atoms with van der Waals surface area (Å²) in [6.45, 7) is 0. The molecule has 0 fully saturated rings. The number of H-pyrrole nitrogens is 2. The van der Waals surface area contributed by atoms with Crippen LogP contribution < -0.4 is 4.74 Å².